The number of aliphatic hydroxyl groups is 1. The van der Waals surface area contributed by atoms with Crippen LogP contribution in [-0.2, 0) is 0 Å². The van der Waals surface area contributed by atoms with Crippen LogP contribution < -0.4 is 0 Å². The second kappa shape index (κ2) is 3.02. The quantitative estimate of drug-likeness (QED) is 0.529. The summed E-state index contributed by atoms with van der Waals surface area (Å²) in [4.78, 5) is 0. The van der Waals surface area contributed by atoms with Crippen LogP contribution in [0.25, 0.3) is 0 Å². The Morgan fingerprint density at radius 3 is 2.67 bits per heavy atom. The van der Waals surface area contributed by atoms with Gasteiger partial charge >= 0.3 is 0 Å². The summed E-state index contributed by atoms with van der Waals surface area (Å²) in [6, 6.07) is 0. The molecule has 0 unspecified atom stereocenters. The summed E-state index contributed by atoms with van der Waals surface area (Å²) in [5.74, 6) is 1.17. The molecule has 0 fully saturated rings. The van der Waals surface area contributed by atoms with Crippen LogP contribution in [0, 0.1) is 11.8 Å². The van der Waals surface area contributed by atoms with Gasteiger partial charge in [0.1, 0.15) is 0 Å². The smallest absolute Gasteiger partial charge is 0.0493 e. The summed E-state index contributed by atoms with van der Waals surface area (Å²) >= 11 is 0. The largest absolute Gasteiger partial charge is 0.396 e. The zero-order chi connectivity index (χ0) is 6.69. The van der Waals surface area contributed by atoms with Gasteiger partial charge in [0.2, 0.25) is 0 Å². The fourth-order valence-electron chi connectivity index (χ4n) is 1.17. The highest BCUT2D eigenvalue weighted by Gasteiger charge is 2.10. The third-order valence-corrected chi connectivity index (χ3v) is 1.94. The van der Waals surface area contributed by atoms with Gasteiger partial charge in [-0.2, -0.15) is 0 Å². The number of allylic oxidation sites excluding steroid dienone is 1. The lowest BCUT2D eigenvalue weighted by Gasteiger charge is -2.17. The zero-order valence-corrected chi connectivity index (χ0v) is 5.88. The number of aliphatic hydroxyl groups excluding tert-OH is 1. The van der Waals surface area contributed by atoms with E-state index in [1.807, 2.05) is 0 Å². The lowest BCUT2D eigenvalue weighted by Crippen LogP contribution is -2.09. The molecule has 0 spiro atoms. The van der Waals surface area contributed by atoms with E-state index in [1.54, 1.807) is 0 Å². The fourth-order valence-corrected chi connectivity index (χ4v) is 1.17. The maximum atomic E-state index is 8.73. The Bertz CT molecular complexity index is 107. The second-order valence-electron chi connectivity index (χ2n) is 2.88. The van der Waals surface area contributed by atoms with Crippen LogP contribution in [0.3, 0.4) is 0 Å². The Kier molecular flexibility index (Phi) is 2.29. The Morgan fingerprint density at radius 1 is 1.44 bits per heavy atom. The highest BCUT2D eigenvalue weighted by molar-refractivity contribution is 4.96. The summed E-state index contributed by atoms with van der Waals surface area (Å²) in [5, 5.41) is 8.73. The molecule has 1 heteroatoms. The Labute approximate surface area is 56.4 Å². The van der Waals surface area contributed by atoms with Gasteiger partial charge in [-0.15, -0.1) is 0 Å². The minimum Gasteiger partial charge on any atom is -0.396 e. The van der Waals surface area contributed by atoms with Crippen LogP contribution >= 0.6 is 0 Å². The third-order valence-electron chi connectivity index (χ3n) is 1.94. The molecule has 0 saturated carbocycles. The van der Waals surface area contributed by atoms with Crippen LogP contribution in [0.1, 0.15) is 19.8 Å². The van der Waals surface area contributed by atoms with Crippen molar-refractivity contribution in [1.82, 2.24) is 0 Å². The molecule has 1 rings (SSSR count). The molecule has 2 atom stereocenters. The van der Waals surface area contributed by atoms with Crippen molar-refractivity contribution >= 4 is 0 Å². The highest BCUT2D eigenvalue weighted by Crippen LogP contribution is 2.20. The Hall–Kier alpha value is -0.300. The van der Waals surface area contributed by atoms with Gasteiger partial charge in [0.25, 0.3) is 0 Å². The molecule has 0 saturated heterocycles. The van der Waals surface area contributed by atoms with Crippen molar-refractivity contribution in [2.45, 2.75) is 19.8 Å². The molecule has 1 nitrogen and oxygen atoms in total. The van der Waals surface area contributed by atoms with Crippen molar-refractivity contribution in [2.24, 2.45) is 11.8 Å². The summed E-state index contributed by atoms with van der Waals surface area (Å²) in [7, 11) is 0. The maximum Gasteiger partial charge on any atom is 0.0493 e. The van der Waals surface area contributed by atoms with Crippen LogP contribution in [0.2, 0.25) is 0 Å². The molecule has 0 amide bonds. The summed E-state index contributed by atoms with van der Waals surface area (Å²) in [5.41, 5.74) is 0. The summed E-state index contributed by atoms with van der Waals surface area (Å²) < 4.78 is 0. The molecule has 1 aliphatic carbocycles. The lowest BCUT2D eigenvalue weighted by molar-refractivity contribution is 0.236. The van der Waals surface area contributed by atoms with Crippen LogP contribution in [0.15, 0.2) is 12.2 Å². The summed E-state index contributed by atoms with van der Waals surface area (Å²) in [6.07, 6.45) is 6.73. The van der Waals surface area contributed by atoms with Gasteiger partial charge in [-0.05, 0) is 24.7 Å². The first-order valence-electron chi connectivity index (χ1n) is 3.62. The van der Waals surface area contributed by atoms with Gasteiger partial charge < -0.3 is 5.11 Å². The Morgan fingerprint density at radius 2 is 2.22 bits per heavy atom. The first-order chi connectivity index (χ1) is 4.33. The molecular formula is C8H14O. The Balaban J connectivity index is 2.38. The fraction of sp³-hybridized carbons (Fsp3) is 0.750. The molecule has 0 aromatic rings. The molecule has 9 heavy (non-hydrogen) atoms. The molecule has 0 radical (unpaired) electrons. The highest BCUT2D eigenvalue weighted by atomic mass is 16.3. The SMILES string of the molecule is C[C@H]1C=C[C@H](CO)CC1. The second-order valence-corrected chi connectivity index (χ2v) is 2.88. The molecule has 1 aliphatic rings. The monoisotopic (exact) mass is 126 g/mol. The molecule has 0 aromatic heterocycles. The van der Waals surface area contributed by atoms with Crippen LogP contribution in [-0.4, -0.2) is 11.7 Å². The van der Waals surface area contributed by atoms with Gasteiger partial charge in [0, 0.05) is 6.61 Å². The van der Waals surface area contributed by atoms with E-state index < -0.39 is 0 Å². The van der Waals surface area contributed by atoms with Crippen LogP contribution in [0.5, 0.6) is 0 Å². The maximum absolute atomic E-state index is 8.73. The minimum atomic E-state index is 0.323. The van der Waals surface area contributed by atoms with E-state index in [2.05, 4.69) is 19.1 Å². The zero-order valence-electron chi connectivity index (χ0n) is 5.88. The minimum absolute atomic E-state index is 0.323. The van der Waals surface area contributed by atoms with E-state index >= 15 is 0 Å². The van der Waals surface area contributed by atoms with Crippen molar-refractivity contribution in [3.05, 3.63) is 12.2 Å². The van der Waals surface area contributed by atoms with E-state index in [0.717, 1.165) is 12.3 Å². The van der Waals surface area contributed by atoms with E-state index in [4.69, 9.17) is 5.11 Å². The number of hydrogen-bond donors (Lipinski definition) is 1. The summed E-state index contributed by atoms with van der Waals surface area (Å²) in [6.45, 7) is 2.54. The predicted molar refractivity (Wildman–Crippen MR) is 38.1 cm³/mol. The van der Waals surface area contributed by atoms with E-state index in [9.17, 15) is 0 Å². The van der Waals surface area contributed by atoms with E-state index in [1.165, 1.54) is 6.42 Å². The lowest BCUT2D eigenvalue weighted by atomic mass is 9.90. The molecule has 52 valence electrons. The van der Waals surface area contributed by atoms with Crippen molar-refractivity contribution in [3.63, 3.8) is 0 Å². The first-order valence-corrected chi connectivity index (χ1v) is 3.62. The molecule has 0 heterocycles. The molecule has 0 aromatic carbocycles. The molecule has 0 bridgehead atoms. The van der Waals surface area contributed by atoms with E-state index in [-0.39, 0.29) is 0 Å². The first kappa shape index (κ1) is 6.81. The van der Waals surface area contributed by atoms with Gasteiger partial charge in [0.15, 0.2) is 0 Å². The normalized spacial score (nSPS) is 34.9. The van der Waals surface area contributed by atoms with Gasteiger partial charge in [-0.1, -0.05) is 19.1 Å². The van der Waals surface area contributed by atoms with Gasteiger partial charge in [-0.3, -0.25) is 0 Å². The molecule has 1 N–H and O–H groups in total. The van der Waals surface area contributed by atoms with Gasteiger partial charge in [-0.25, -0.2) is 0 Å². The third kappa shape index (κ3) is 1.83. The average molecular weight is 126 g/mol. The predicted octanol–water partition coefficient (Wildman–Crippen LogP) is 1.58. The molecular weight excluding hydrogens is 112 g/mol. The van der Waals surface area contributed by atoms with Crippen LogP contribution in [0.4, 0.5) is 0 Å². The topological polar surface area (TPSA) is 20.2 Å². The number of hydrogen-bond acceptors (Lipinski definition) is 1. The molecule has 0 aliphatic heterocycles. The number of rotatable bonds is 1. The van der Waals surface area contributed by atoms with Gasteiger partial charge in [0.05, 0.1) is 0 Å². The van der Waals surface area contributed by atoms with Crippen molar-refractivity contribution in [3.8, 4) is 0 Å². The van der Waals surface area contributed by atoms with Crippen molar-refractivity contribution in [2.75, 3.05) is 6.61 Å². The van der Waals surface area contributed by atoms with Crippen molar-refractivity contribution in [1.29, 1.82) is 0 Å². The standard InChI is InChI=1S/C8H14O/c1-7-2-4-8(6-9)5-3-7/h2,4,7-9H,3,5-6H2,1H3/t7-,8-/m0/s1. The van der Waals surface area contributed by atoms with Crippen molar-refractivity contribution < 1.29 is 5.11 Å². The van der Waals surface area contributed by atoms with E-state index in [0.29, 0.717) is 12.5 Å². The average Bonchev–Trinajstić information content (AvgIpc) is 1.90.